The van der Waals surface area contributed by atoms with Gasteiger partial charge in [0.05, 0.1) is 61.8 Å². The van der Waals surface area contributed by atoms with Crippen LogP contribution in [0.5, 0.6) is 0 Å². The Hall–Kier alpha value is -1.52. The Morgan fingerprint density at radius 3 is 0.955 bits per heavy atom. The Labute approximate surface area is 504 Å². The molecule has 0 aromatic heterocycles. The van der Waals surface area contributed by atoms with Crippen molar-refractivity contribution in [1.29, 1.82) is 0 Å². The molecule has 88 heavy (non-hydrogen) atoms. The molecule has 0 amide bonds. The van der Waals surface area contributed by atoms with Crippen LogP contribution in [0.4, 0.5) is 0 Å². The third-order valence-corrected chi connectivity index (χ3v) is 18.3. The number of rotatable bonds is 16. The van der Waals surface area contributed by atoms with Gasteiger partial charge in [-0.2, -0.15) is 0 Å². The van der Waals surface area contributed by atoms with E-state index in [-0.39, 0.29) is 52.0 Å². The van der Waals surface area contributed by atoms with Gasteiger partial charge in [0.15, 0.2) is 37.7 Å². The highest BCUT2D eigenvalue weighted by Gasteiger charge is 2.59. The summed E-state index contributed by atoms with van der Waals surface area (Å²) in [4.78, 5) is 0. The largest absolute Gasteiger partial charge is 0.394 e. The third kappa shape index (κ3) is 14.4. The summed E-state index contributed by atoms with van der Waals surface area (Å²) in [5.41, 5.74) is 60.7. The Morgan fingerprint density at radius 1 is 0.307 bits per heavy atom. The van der Waals surface area contributed by atoms with E-state index in [4.69, 9.17) is 124 Å². The molecule has 8 heterocycles. The first kappa shape index (κ1) is 70.8. The van der Waals surface area contributed by atoms with Crippen molar-refractivity contribution in [3.63, 3.8) is 0 Å². The summed E-state index contributed by atoms with van der Waals surface area (Å²) in [6.07, 6.45) is -39.3. The molecule has 10 aliphatic rings. The van der Waals surface area contributed by atoms with E-state index in [0.717, 1.165) is 0 Å². The van der Waals surface area contributed by atoms with Gasteiger partial charge in [0, 0.05) is 50.5 Å². The molecule has 2 saturated carbocycles. The van der Waals surface area contributed by atoms with Crippen LogP contribution in [0, 0.1) is 0 Å². The first-order valence-electron chi connectivity index (χ1n) is 29.7. The molecular weight excluding hydrogens is 1190 g/mol. The first-order chi connectivity index (χ1) is 41.7. The minimum Gasteiger partial charge on any atom is -0.394 e. The maximum atomic E-state index is 11.2. The number of hydrogen-bond donors (Lipinski definition) is 24. The molecule has 2 aliphatic carbocycles. The van der Waals surface area contributed by atoms with Crippen molar-refractivity contribution < 1.29 is 138 Å². The number of ether oxygens (including phenoxy) is 14. The topological polar surface area (TPSA) is 673 Å². The molecule has 0 bridgehead atoms. The van der Waals surface area contributed by atoms with Crippen LogP contribution in [-0.2, 0) is 66.3 Å². The zero-order valence-corrected chi connectivity index (χ0v) is 47.9. The van der Waals surface area contributed by atoms with Gasteiger partial charge in [0.2, 0.25) is 0 Å². The number of nitrogens with two attached hydrogens (primary N) is 10. The lowest BCUT2D eigenvalue weighted by Gasteiger charge is -2.49. The molecule has 10 fully saturated rings. The van der Waals surface area contributed by atoms with Crippen molar-refractivity contribution >= 4 is 0 Å². The highest BCUT2D eigenvalue weighted by atomic mass is 16.8. The van der Waals surface area contributed by atoms with Crippen LogP contribution in [0.1, 0.15) is 25.7 Å². The van der Waals surface area contributed by atoms with Crippen molar-refractivity contribution in [3.8, 4) is 0 Å². The minimum atomic E-state index is -1.60. The second-order valence-corrected chi connectivity index (χ2v) is 24.3. The SMILES string of the molecule is NC[C@@H]1O[C@H](O[C@@H]2C(O)[C@H](O[C@@H]3C(O)[C@H](N)CC(N)[C@H]3O[C@H]3OC4C(O)CCO[C@H]4[C@H](O)C3N)O[C@@H]2CO)C(N)C(O)[C@@H]1O.NC[C@@H]1O[C@H](O[C@@H]2C(O)[C@H](O[C@@H]3C(O)[C@H](N)CC(N)[C@H]3O[C@H]3OC4C(O)CCO[C@H]4[C@H](O)C3N)O[C@@H]2CO)C(N)C(O)[C@@H]1O. The summed E-state index contributed by atoms with van der Waals surface area (Å²) >= 11 is 0. The second kappa shape index (κ2) is 30.1. The molecule has 40 atom stereocenters. The van der Waals surface area contributed by atoms with E-state index in [1.165, 1.54) is 0 Å². The molecule has 10 rings (SSSR count). The molecule has 0 aromatic rings. The molecule has 0 spiro atoms. The summed E-state index contributed by atoms with van der Waals surface area (Å²) in [7, 11) is 0. The van der Waals surface area contributed by atoms with Crippen LogP contribution in [-0.4, -0.2) is 356 Å². The van der Waals surface area contributed by atoms with E-state index in [1.807, 2.05) is 0 Å². The molecule has 8 aliphatic heterocycles. The zero-order chi connectivity index (χ0) is 64.1. The average Bonchev–Trinajstić information content (AvgIpc) is 3.47. The normalized spacial score (nSPS) is 55.1. The summed E-state index contributed by atoms with van der Waals surface area (Å²) in [6, 6.07) is -8.15. The molecular formula is C50H94N10O28. The molecule has 16 unspecified atom stereocenters. The predicted molar refractivity (Wildman–Crippen MR) is 287 cm³/mol. The third-order valence-electron chi connectivity index (χ3n) is 18.3. The maximum absolute atomic E-state index is 11.2. The predicted octanol–water partition coefficient (Wildman–Crippen LogP) is -16.1. The van der Waals surface area contributed by atoms with Crippen LogP contribution >= 0.6 is 0 Å². The maximum Gasteiger partial charge on any atom is 0.187 e. The van der Waals surface area contributed by atoms with Crippen molar-refractivity contribution in [3.05, 3.63) is 0 Å². The van der Waals surface area contributed by atoms with E-state index < -0.39 is 258 Å². The fourth-order valence-corrected chi connectivity index (χ4v) is 13.0. The summed E-state index contributed by atoms with van der Waals surface area (Å²) in [5.74, 6) is 0. The van der Waals surface area contributed by atoms with Gasteiger partial charge < -0.3 is 195 Å². The van der Waals surface area contributed by atoms with Crippen LogP contribution < -0.4 is 57.3 Å². The Morgan fingerprint density at radius 2 is 0.614 bits per heavy atom. The molecule has 512 valence electrons. The van der Waals surface area contributed by atoms with Crippen LogP contribution in [0.3, 0.4) is 0 Å². The van der Waals surface area contributed by atoms with Crippen molar-refractivity contribution in [1.82, 2.24) is 0 Å². The highest BCUT2D eigenvalue weighted by Crippen LogP contribution is 2.39. The van der Waals surface area contributed by atoms with Gasteiger partial charge in [-0.25, -0.2) is 0 Å². The van der Waals surface area contributed by atoms with E-state index in [1.54, 1.807) is 0 Å². The van der Waals surface area contributed by atoms with E-state index in [9.17, 15) is 71.5 Å². The fourth-order valence-electron chi connectivity index (χ4n) is 13.0. The van der Waals surface area contributed by atoms with Crippen LogP contribution in [0.15, 0.2) is 0 Å². The van der Waals surface area contributed by atoms with E-state index in [2.05, 4.69) is 0 Å². The van der Waals surface area contributed by atoms with Gasteiger partial charge in [0.25, 0.3) is 0 Å². The van der Waals surface area contributed by atoms with Crippen molar-refractivity contribution in [2.75, 3.05) is 39.5 Å². The Bertz CT molecular complexity index is 2040. The molecule has 8 saturated heterocycles. The fraction of sp³-hybridized carbons (Fsp3) is 1.00. The average molecular weight is 1280 g/mol. The van der Waals surface area contributed by atoms with Gasteiger partial charge in [-0.3, -0.25) is 0 Å². The van der Waals surface area contributed by atoms with Crippen molar-refractivity contribution in [2.45, 2.75) is 270 Å². The number of hydrogen-bond acceptors (Lipinski definition) is 38. The van der Waals surface area contributed by atoms with Gasteiger partial charge in [-0.05, 0) is 25.7 Å². The molecule has 34 N–H and O–H groups in total. The lowest BCUT2D eigenvalue weighted by Crippen LogP contribution is -2.69. The lowest BCUT2D eigenvalue weighted by molar-refractivity contribution is -0.328. The smallest absolute Gasteiger partial charge is 0.187 e. The van der Waals surface area contributed by atoms with Gasteiger partial charge >= 0.3 is 0 Å². The molecule has 38 heteroatoms. The lowest BCUT2D eigenvalue weighted by atomic mass is 9.84. The number of aliphatic hydroxyl groups is 14. The Kier molecular flexibility index (Phi) is 24.2. The van der Waals surface area contributed by atoms with Crippen molar-refractivity contribution in [2.24, 2.45) is 57.3 Å². The summed E-state index contributed by atoms with van der Waals surface area (Å²) < 4.78 is 81.4. The van der Waals surface area contributed by atoms with E-state index >= 15 is 0 Å². The van der Waals surface area contributed by atoms with Crippen LogP contribution in [0.2, 0.25) is 0 Å². The molecule has 0 aromatic carbocycles. The Balaban J connectivity index is 0.000000209. The van der Waals surface area contributed by atoms with Gasteiger partial charge in [-0.15, -0.1) is 0 Å². The minimum absolute atomic E-state index is 0.0977. The number of aliphatic hydroxyl groups excluding tert-OH is 14. The van der Waals surface area contributed by atoms with Gasteiger partial charge in [0.1, 0.15) is 134 Å². The number of fused-ring (bicyclic) bond motifs is 2. The second-order valence-electron chi connectivity index (χ2n) is 24.3. The molecule has 38 nitrogen and oxygen atoms in total. The zero-order valence-electron chi connectivity index (χ0n) is 47.9. The van der Waals surface area contributed by atoms with Gasteiger partial charge in [-0.1, -0.05) is 0 Å². The molecule has 0 radical (unpaired) electrons. The monoisotopic (exact) mass is 1280 g/mol. The summed E-state index contributed by atoms with van der Waals surface area (Å²) in [5, 5.41) is 148. The highest BCUT2D eigenvalue weighted by molar-refractivity contribution is 5.06. The quantitative estimate of drug-likeness (QED) is 0.0682. The first-order valence-corrected chi connectivity index (χ1v) is 29.7. The van der Waals surface area contributed by atoms with Crippen LogP contribution in [0.25, 0.3) is 0 Å². The standard InChI is InChI=1S/2C25H47N5O14/c2*26-4-9-14(34)15(35)11(29)23(39-9)43-20-10(5-31)40-25(17(20)37)44-22-13(33)6(27)3-7(28)18(22)41-24-12(30)16(36)21-19(42-24)8(32)1-2-38-21/h2*6-25,31-37H,1-5,26-30H2/t2*6-,7?,8?,9+,10-,11?,12?,13?,14-,15?,16-,17?,18-,19?,20+,21+,22-,23-,24+,25+/m11/s1. The van der Waals surface area contributed by atoms with E-state index in [0.29, 0.717) is 0 Å². The summed E-state index contributed by atoms with van der Waals surface area (Å²) in [6.45, 7) is -1.18.